The second-order valence-electron chi connectivity index (χ2n) is 5.15. The third-order valence-corrected chi connectivity index (χ3v) is 3.52. The van der Waals surface area contributed by atoms with Crippen LogP contribution in [0.2, 0.25) is 0 Å². The van der Waals surface area contributed by atoms with Crippen molar-refractivity contribution in [1.29, 1.82) is 0 Å². The van der Waals surface area contributed by atoms with Gasteiger partial charge in [0.25, 0.3) is 0 Å². The molecule has 1 fully saturated rings. The number of piperidine rings is 1. The number of hydrogen-bond donors (Lipinski definition) is 2. The average Bonchev–Trinajstić information content (AvgIpc) is 2.86. The number of aromatic nitrogens is 2. The van der Waals surface area contributed by atoms with Gasteiger partial charge in [0.1, 0.15) is 0 Å². The highest BCUT2D eigenvalue weighted by atomic mass is 16.4. The maximum Gasteiger partial charge on any atom is 0.317 e. The third kappa shape index (κ3) is 3.27. The normalized spacial score (nSPS) is 19.9. The quantitative estimate of drug-likeness (QED) is 0.883. The minimum atomic E-state index is 0.101. The van der Waals surface area contributed by atoms with E-state index in [0.29, 0.717) is 12.1 Å². The lowest BCUT2D eigenvalue weighted by Crippen LogP contribution is -2.41. The molecule has 1 saturated heterocycles. The molecular formula is C14H19N5O. The van der Waals surface area contributed by atoms with Crippen LogP contribution in [0.1, 0.15) is 18.4 Å². The molecule has 6 heteroatoms. The van der Waals surface area contributed by atoms with E-state index in [1.54, 1.807) is 0 Å². The molecule has 2 aromatic rings. The summed E-state index contributed by atoms with van der Waals surface area (Å²) in [7, 11) is 0. The molecule has 1 atom stereocenters. The summed E-state index contributed by atoms with van der Waals surface area (Å²) in [6.07, 6.45) is 2.27. The second kappa shape index (κ2) is 5.92. The molecule has 106 valence electrons. The predicted molar refractivity (Wildman–Crippen MR) is 77.1 cm³/mol. The van der Waals surface area contributed by atoms with Crippen LogP contribution in [0.15, 0.2) is 34.7 Å². The number of nitrogens with one attached hydrogen (secondary N) is 1. The number of rotatable bonds is 4. The van der Waals surface area contributed by atoms with Gasteiger partial charge < -0.3 is 15.5 Å². The summed E-state index contributed by atoms with van der Waals surface area (Å²) < 4.78 is 5.17. The monoisotopic (exact) mass is 273 g/mol. The fourth-order valence-electron chi connectivity index (χ4n) is 2.63. The number of anilines is 2. The molecule has 0 amide bonds. The van der Waals surface area contributed by atoms with Gasteiger partial charge in [-0.05, 0) is 24.9 Å². The van der Waals surface area contributed by atoms with Crippen molar-refractivity contribution < 1.29 is 4.42 Å². The molecule has 0 saturated carbocycles. The molecule has 0 radical (unpaired) electrons. The third-order valence-electron chi connectivity index (χ3n) is 3.52. The number of benzene rings is 1. The van der Waals surface area contributed by atoms with E-state index in [1.165, 1.54) is 5.56 Å². The molecule has 1 aliphatic heterocycles. The fourth-order valence-corrected chi connectivity index (χ4v) is 2.63. The van der Waals surface area contributed by atoms with Crippen LogP contribution in [0, 0.1) is 0 Å². The van der Waals surface area contributed by atoms with E-state index >= 15 is 0 Å². The van der Waals surface area contributed by atoms with Crippen LogP contribution in [-0.2, 0) is 6.54 Å². The van der Waals surface area contributed by atoms with Gasteiger partial charge in [-0.25, -0.2) is 0 Å². The topological polar surface area (TPSA) is 80.2 Å². The van der Waals surface area contributed by atoms with Gasteiger partial charge in [-0.15, -0.1) is 0 Å². The van der Waals surface area contributed by atoms with E-state index < -0.39 is 0 Å². The summed E-state index contributed by atoms with van der Waals surface area (Å²) in [4.78, 5) is 2.44. The highest BCUT2D eigenvalue weighted by Crippen LogP contribution is 2.17. The lowest BCUT2D eigenvalue weighted by atomic mass is 10.0. The van der Waals surface area contributed by atoms with Crippen molar-refractivity contribution >= 4 is 12.0 Å². The average molecular weight is 273 g/mol. The van der Waals surface area contributed by atoms with E-state index in [9.17, 15) is 0 Å². The molecule has 0 aliphatic carbocycles. The molecule has 6 nitrogen and oxygen atoms in total. The van der Waals surface area contributed by atoms with Crippen LogP contribution in [0.25, 0.3) is 0 Å². The van der Waals surface area contributed by atoms with Gasteiger partial charge in [0.05, 0.1) is 0 Å². The Morgan fingerprint density at radius 3 is 2.90 bits per heavy atom. The van der Waals surface area contributed by atoms with Crippen molar-refractivity contribution in [2.24, 2.45) is 0 Å². The molecule has 1 aromatic carbocycles. The van der Waals surface area contributed by atoms with Gasteiger partial charge >= 0.3 is 12.0 Å². The van der Waals surface area contributed by atoms with Gasteiger partial charge in [0, 0.05) is 19.1 Å². The Kier molecular flexibility index (Phi) is 3.83. The maximum absolute atomic E-state index is 5.42. The largest absolute Gasteiger partial charge is 0.390 e. The Balaban J connectivity index is 1.56. The van der Waals surface area contributed by atoms with Crippen LogP contribution in [0.5, 0.6) is 0 Å². The zero-order valence-electron chi connectivity index (χ0n) is 11.3. The van der Waals surface area contributed by atoms with E-state index in [-0.39, 0.29) is 6.01 Å². The zero-order chi connectivity index (χ0) is 13.8. The lowest BCUT2D eigenvalue weighted by Gasteiger charge is -2.32. The minimum absolute atomic E-state index is 0.101. The first-order valence-electron chi connectivity index (χ1n) is 6.91. The minimum Gasteiger partial charge on any atom is -0.390 e. The first kappa shape index (κ1) is 12.9. The van der Waals surface area contributed by atoms with Gasteiger partial charge in [0.15, 0.2) is 0 Å². The molecule has 2 heterocycles. The van der Waals surface area contributed by atoms with Crippen molar-refractivity contribution in [2.75, 3.05) is 24.1 Å². The Morgan fingerprint density at radius 2 is 2.15 bits per heavy atom. The van der Waals surface area contributed by atoms with Crippen LogP contribution < -0.4 is 11.1 Å². The second-order valence-corrected chi connectivity index (χ2v) is 5.15. The summed E-state index contributed by atoms with van der Waals surface area (Å²) in [5, 5.41) is 10.8. The Hall–Kier alpha value is -2.08. The standard InChI is InChI=1S/C14H19N5O/c15-13-17-18-14(20-13)16-12-7-4-8-19(10-12)9-11-5-2-1-3-6-11/h1-3,5-6,12H,4,7-10H2,(H2,15,17)(H,16,18). The van der Waals surface area contributed by atoms with Crippen molar-refractivity contribution in [2.45, 2.75) is 25.4 Å². The van der Waals surface area contributed by atoms with E-state index in [4.69, 9.17) is 10.2 Å². The van der Waals surface area contributed by atoms with Crippen molar-refractivity contribution in [3.63, 3.8) is 0 Å². The summed E-state index contributed by atoms with van der Waals surface area (Å²) in [5.74, 6) is 0. The zero-order valence-corrected chi connectivity index (χ0v) is 11.3. The summed E-state index contributed by atoms with van der Waals surface area (Å²) in [6.45, 7) is 3.07. The van der Waals surface area contributed by atoms with E-state index in [2.05, 4.69) is 44.7 Å². The van der Waals surface area contributed by atoms with Crippen molar-refractivity contribution in [3.05, 3.63) is 35.9 Å². The van der Waals surface area contributed by atoms with Crippen LogP contribution in [0.4, 0.5) is 12.0 Å². The Morgan fingerprint density at radius 1 is 1.30 bits per heavy atom. The van der Waals surface area contributed by atoms with Crippen molar-refractivity contribution in [1.82, 2.24) is 15.1 Å². The summed E-state index contributed by atoms with van der Waals surface area (Å²) in [6, 6.07) is 11.4. The van der Waals surface area contributed by atoms with Gasteiger partial charge in [-0.1, -0.05) is 40.5 Å². The Labute approximate surface area is 118 Å². The number of hydrogen-bond acceptors (Lipinski definition) is 6. The van der Waals surface area contributed by atoms with Gasteiger partial charge in [-0.2, -0.15) is 0 Å². The molecule has 3 rings (SSSR count). The van der Waals surface area contributed by atoms with E-state index in [1.807, 2.05) is 6.07 Å². The van der Waals surface area contributed by atoms with Crippen LogP contribution in [0.3, 0.4) is 0 Å². The molecule has 1 unspecified atom stereocenters. The number of nitrogen functional groups attached to an aromatic ring is 1. The highest BCUT2D eigenvalue weighted by Gasteiger charge is 2.21. The van der Waals surface area contributed by atoms with E-state index in [0.717, 1.165) is 32.5 Å². The predicted octanol–water partition coefficient (Wildman–Crippen LogP) is 1.73. The van der Waals surface area contributed by atoms with Crippen LogP contribution in [-0.4, -0.2) is 34.2 Å². The van der Waals surface area contributed by atoms with Gasteiger partial charge in [-0.3, -0.25) is 4.90 Å². The fraction of sp³-hybridized carbons (Fsp3) is 0.429. The SMILES string of the molecule is Nc1nnc(NC2CCCN(Cc3ccccc3)C2)o1. The molecule has 1 aliphatic rings. The first-order valence-corrected chi connectivity index (χ1v) is 6.91. The lowest BCUT2D eigenvalue weighted by molar-refractivity contribution is 0.207. The molecule has 20 heavy (non-hydrogen) atoms. The van der Waals surface area contributed by atoms with Crippen LogP contribution >= 0.6 is 0 Å². The number of likely N-dealkylation sites (tertiary alicyclic amines) is 1. The number of nitrogens with zero attached hydrogens (tertiary/aromatic N) is 3. The highest BCUT2D eigenvalue weighted by molar-refractivity contribution is 5.24. The summed E-state index contributed by atoms with van der Waals surface area (Å²) >= 11 is 0. The molecule has 1 aromatic heterocycles. The Bertz CT molecular complexity index is 542. The molecule has 3 N–H and O–H groups in total. The first-order chi connectivity index (χ1) is 9.79. The smallest absolute Gasteiger partial charge is 0.317 e. The van der Waals surface area contributed by atoms with Crippen molar-refractivity contribution in [3.8, 4) is 0 Å². The number of nitrogens with two attached hydrogens (primary N) is 1. The maximum atomic E-state index is 5.42. The summed E-state index contributed by atoms with van der Waals surface area (Å²) in [5.41, 5.74) is 6.77. The van der Waals surface area contributed by atoms with Gasteiger partial charge in [0.2, 0.25) is 0 Å². The molecular weight excluding hydrogens is 254 g/mol. The molecule has 0 bridgehead atoms. The molecule has 0 spiro atoms.